The second kappa shape index (κ2) is 20.6. The van der Waals surface area contributed by atoms with Gasteiger partial charge in [-0.1, -0.05) is 131 Å². The SMILES string of the molecule is CC(C)(C)c1cc2c([c-]c1-c1ccccc1)Cc1cc(-c3ccccc3)c(C(C)(C)C)cc1-2.CCCC[C](=[Hf+2])CCCC.[Cl-].[Cl-].c1cc[cH-]c1. The first-order valence-electron chi connectivity index (χ1n) is 18.0. The van der Waals surface area contributed by atoms with E-state index in [0.29, 0.717) is 0 Å². The zero-order valence-electron chi connectivity index (χ0n) is 31.6. The molecule has 50 heavy (non-hydrogen) atoms. The third-order valence-corrected chi connectivity index (χ3v) is 10.8. The molecule has 1 aliphatic rings. The van der Waals surface area contributed by atoms with Crippen LogP contribution in [0.2, 0.25) is 0 Å². The van der Waals surface area contributed by atoms with E-state index in [1.165, 1.54) is 118 Å². The quantitative estimate of drug-likeness (QED) is 0.110. The van der Waals surface area contributed by atoms with Gasteiger partial charge in [-0.2, -0.15) is 18.2 Å². The van der Waals surface area contributed by atoms with Gasteiger partial charge in [0.2, 0.25) is 0 Å². The summed E-state index contributed by atoms with van der Waals surface area (Å²) < 4.78 is 1.84. The van der Waals surface area contributed by atoms with Gasteiger partial charge in [-0.3, -0.25) is 0 Å². The third kappa shape index (κ3) is 12.1. The van der Waals surface area contributed by atoms with Gasteiger partial charge >= 0.3 is 79.5 Å². The molecule has 0 bridgehead atoms. The second-order valence-corrected chi connectivity index (χ2v) is 17.7. The molecule has 0 saturated heterocycles. The van der Waals surface area contributed by atoms with Gasteiger partial charge in [0.15, 0.2) is 0 Å². The van der Waals surface area contributed by atoms with Gasteiger partial charge in [0.05, 0.1) is 0 Å². The Labute approximate surface area is 331 Å². The van der Waals surface area contributed by atoms with E-state index >= 15 is 0 Å². The minimum Gasteiger partial charge on any atom is -1.00 e. The zero-order valence-corrected chi connectivity index (χ0v) is 36.7. The van der Waals surface area contributed by atoms with Crippen molar-refractivity contribution in [1.29, 1.82) is 0 Å². The molecule has 0 unspecified atom stereocenters. The predicted octanol–water partition coefficient (Wildman–Crippen LogP) is 7.49. The van der Waals surface area contributed by atoms with Crippen molar-refractivity contribution < 1.29 is 48.7 Å². The summed E-state index contributed by atoms with van der Waals surface area (Å²) in [6, 6.07) is 42.8. The average molecular weight is 870 g/mol. The van der Waals surface area contributed by atoms with E-state index in [9.17, 15) is 0 Å². The Kier molecular flexibility index (Phi) is 18.0. The predicted molar refractivity (Wildman–Crippen MR) is 208 cm³/mol. The second-order valence-electron chi connectivity index (χ2n) is 15.2. The first-order valence-corrected chi connectivity index (χ1v) is 19.8. The molecule has 0 aromatic heterocycles. The molecule has 6 rings (SSSR count). The third-order valence-electron chi connectivity index (χ3n) is 9.04. The minimum absolute atomic E-state index is 0. The Hall–Kier alpha value is -2.45. The van der Waals surface area contributed by atoms with E-state index in [0.717, 1.165) is 6.42 Å². The van der Waals surface area contributed by atoms with Crippen molar-refractivity contribution in [1.82, 2.24) is 0 Å². The fourth-order valence-electron chi connectivity index (χ4n) is 6.33. The average Bonchev–Trinajstić information content (AvgIpc) is 3.77. The molecule has 0 saturated carbocycles. The number of fused-ring (bicyclic) bond motifs is 3. The van der Waals surface area contributed by atoms with Crippen LogP contribution in [0.15, 0.2) is 109 Å². The van der Waals surface area contributed by atoms with E-state index in [4.69, 9.17) is 0 Å². The molecular weight excluding hydrogens is 814 g/mol. The normalized spacial score (nSPS) is 11.4. The molecule has 0 atom stereocenters. The Morgan fingerprint density at radius 3 is 1.60 bits per heavy atom. The van der Waals surface area contributed by atoms with Crippen molar-refractivity contribution in [3.05, 3.63) is 138 Å². The smallest absolute Gasteiger partial charge is 0.172 e. The summed E-state index contributed by atoms with van der Waals surface area (Å²) in [5.74, 6) is 0. The van der Waals surface area contributed by atoms with E-state index in [-0.39, 0.29) is 35.6 Å². The number of hydrogen-bond donors (Lipinski definition) is 0. The van der Waals surface area contributed by atoms with Gasteiger partial charge < -0.3 is 24.8 Å². The van der Waals surface area contributed by atoms with Crippen molar-refractivity contribution in [2.45, 2.75) is 111 Å². The molecular formula is C47H56Cl2Hf-2. The summed E-state index contributed by atoms with van der Waals surface area (Å²) in [7, 11) is 0. The molecule has 5 aromatic carbocycles. The molecule has 5 aromatic rings. The van der Waals surface area contributed by atoms with E-state index in [2.05, 4.69) is 140 Å². The van der Waals surface area contributed by atoms with Crippen LogP contribution in [0.3, 0.4) is 0 Å². The molecule has 3 heteroatoms. The van der Waals surface area contributed by atoms with E-state index in [1.807, 2.05) is 33.6 Å². The van der Waals surface area contributed by atoms with Gasteiger partial charge in [0, 0.05) is 0 Å². The standard InChI is InChI=1S/C33H33.C9H18.C5H5.2ClH.Hf/c1-32(2,3)30-20-26-24(18-28(30)22-13-9-7-10-14-22)17-25-19-29(23-15-11-8-12-16-23)31(21-27(25)26)33(4,5)6;1-3-5-7-9-8-6-4-2;1-2-4-5-3-1;;;/h7-16,18,20-21H,17H2,1-6H3;3-8H2,1-2H3;1-5H;2*1H;/q-1;;-1;;;+2/p-2. The molecule has 264 valence electrons. The minimum atomic E-state index is 0. The summed E-state index contributed by atoms with van der Waals surface area (Å²) in [4.78, 5) is 0. The van der Waals surface area contributed by atoms with Crippen LogP contribution in [-0.2, 0) is 41.1 Å². The van der Waals surface area contributed by atoms with Gasteiger partial charge in [-0.15, -0.1) is 28.8 Å². The topological polar surface area (TPSA) is 0 Å². The summed E-state index contributed by atoms with van der Waals surface area (Å²) in [5.41, 5.74) is 13.5. The molecule has 0 heterocycles. The van der Waals surface area contributed by atoms with E-state index < -0.39 is 0 Å². The van der Waals surface area contributed by atoms with Crippen LogP contribution in [0.1, 0.15) is 116 Å². The number of halogens is 2. The van der Waals surface area contributed by atoms with Crippen LogP contribution in [0.5, 0.6) is 0 Å². The van der Waals surface area contributed by atoms with Crippen LogP contribution in [0.4, 0.5) is 0 Å². The molecule has 0 N–H and O–H groups in total. The Balaban J connectivity index is 0.000000427. The van der Waals surface area contributed by atoms with Crippen LogP contribution < -0.4 is 24.8 Å². The molecule has 0 amide bonds. The Morgan fingerprint density at radius 2 is 1.14 bits per heavy atom. The van der Waals surface area contributed by atoms with E-state index in [1.54, 1.807) is 0 Å². The number of benzene rings is 4. The molecule has 1 aliphatic carbocycles. The number of rotatable bonds is 8. The largest absolute Gasteiger partial charge is 1.00 e. The van der Waals surface area contributed by atoms with Crippen LogP contribution in [0, 0.1) is 6.07 Å². The van der Waals surface area contributed by atoms with Crippen molar-refractivity contribution >= 4 is 3.26 Å². The monoisotopic (exact) mass is 870 g/mol. The van der Waals surface area contributed by atoms with Crippen molar-refractivity contribution in [2.75, 3.05) is 0 Å². The summed E-state index contributed by atoms with van der Waals surface area (Å²) in [6.45, 7) is 18.4. The van der Waals surface area contributed by atoms with Crippen molar-refractivity contribution in [2.24, 2.45) is 0 Å². The summed E-state index contributed by atoms with van der Waals surface area (Å²) in [6.07, 6.45) is 9.34. The molecule has 0 nitrogen and oxygen atoms in total. The first kappa shape index (κ1) is 43.7. The fourth-order valence-corrected chi connectivity index (χ4v) is 7.60. The van der Waals surface area contributed by atoms with Gasteiger partial charge in [0.1, 0.15) is 0 Å². The molecule has 0 aliphatic heterocycles. The fraction of sp³-hybridized carbons (Fsp3) is 0.362. The van der Waals surface area contributed by atoms with Gasteiger partial charge in [-0.25, -0.2) is 12.1 Å². The Bertz CT molecular complexity index is 1590. The maximum atomic E-state index is 3.88. The van der Waals surface area contributed by atoms with Gasteiger partial charge in [-0.05, 0) is 39.5 Å². The molecule has 0 spiro atoms. The molecule has 0 radical (unpaired) electrons. The van der Waals surface area contributed by atoms with Gasteiger partial charge in [0.25, 0.3) is 0 Å². The number of unbranched alkanes of at least 4 members (excludes halogenated alkanes) is 2. The van der Waals surface area contributed by atoms with Crippen LogP contribution >= 0.6 is 0 Å². The van der Waals surface area contributed by atoms with Crippen LogP contribution in [0.25, 0.3) is 33.4 Å². The molecule has 0 fully saturated rings. The Morgan fingerprint density at radius 1 is 0.640 bits per heavy atom. The number of hydrogen-bond acceptors (Lipinski definition) is 0. The maximum absolute atomic E-state index is 3.88. The summed E-state index contributed by atoms with van der Waals surface area (Å²) >= 11 is 1.33. The van der Waals surface area contributed by atoms with Crippen LogP contribution in [-0.4, -0.2) is 3.26 Å². The van der Waals surface area contributed by atoms with Crippen molar-refractivity contribution in [3.8, 4) is 33.4 Å². The van der Waals surface area contributed by atoms with Crippen molar-refractivity contribution in [3.63, 3.8) is 0 Å². The first-order chi connectivity index (χ1) is 22.9. The zero-order chi connectivity index (χ0) is 34.7. The maximum Gasteiger partial charge on any atom is -0.172 e. The summed E-state index contributed by atoms with van der Waals surface area (Å²) in [5, 5.41) is 0.